The van der Waals surface area contributed by atoms with Crippen LogP contribution in [0.15, 0.2) is 65.7 Å². The lowest BCUT2D eigenvalue weighted by Crippen LogP contribution is -2.13. The second-order valence-electron chi connectivity index (χ2n) is 5.99. The van der Waals surface area contributed by atoms with Gasteiger partial charge in [-0.3, -0.25) is 4.72 Å². The molecule has 0 aliphatic rings. The van der Waals surface area contributed by atoms with Crippen molar-refractivity contribution in [3.8, 4) is 11.8 Å². The summed E-state index contributed by atoms with van der Waals surface area (Å²) in [6.07, 6.45) is 1.42. The maximum absolute atomic E-state index is 12.6. The Morgan fingerprint density at radius 1 is 1.07 bits per heavy atom. The van der Waals surface area contributed by atoms with Crippen molar-refractivity contribution >= 4 is 27.2 Å². The van der Waals surface area contributed by atoms with E-state index in [1.807, 2.05) is 6.07 Å². The van der Waals surface area contributed by atoms with E-state index < -0.39 is 10.0 Å². The molecule has 0 aliphatic heterocycles. The zero-order valence-corrected chi connectivity index (χ0v) is 16.1. The van der Waals surface area contributed by atoms with Crippen molar-refractivity contribution in [1.82, 2.24) is 4.98 Å². The molecular weight excluding hydrogens is 376 g/mol. The lowest BCUT2D eigenvalue weighted by Gasteiger charge is -2.11. The number of pyridine rings is 1. The molecule has 0 radical (unpaired) electrons. The van der Waals surface area contributed by atoms with E-state index in [0.717, 1.165) is 5.56 Å². The van der Waals surface area contributed by atoms with Gasteiger partial charge in [-0.1, -0.05) is 6.07 Å². The van der Waals surface area contributed by atoms with Crippen molar-refractivity contribution in [2.24, 2.45) is 0 Å². The molecule has 0 saturated carbocycles. The van der Waals surface area contributed by atoms with Crippen LogP contribution in [0.5, 0.6) is 5.75 Å². The van der Waals surface area contributed by atoms with Gasteiger partial charge in [0, 0.05) is 5.69 Å². The van der Waals surface area contributed by atoms with Gasteiger partial charge in [-0.15, -0.1) is 0 Å². The van der Waals surface area contributed by atoms with Crippen LogP contribution in [0.4, 0.5) is 17.2 Å². The van der Waals surface area contributed by atoms with E-state index in [1.54, 1.807) is 49.4 Å². The number of nitriles is 1. The van der Waals surface area contributed by atoms with Crippen molar-refractivity contribution in [3.63, 3.8) is 0 Å². The van der Waals surface area contributed by atoms with Gasteiger partial charge < -0.3 is 10.1 Å². The van der Waals surface area contributed by atoms with Gasteiger partial charge in [0.1, 0.15) is 11.6 Å². The smallest absolute Gasteiger partial charge is 0.261 e. The number of methoxy groups -OCH3 is 1. The standard InChI is InChI=1S/C20H18N4O3S/c1-14-10-18(7-8-19(14)27-2)28(25,26)24-17-6-9-20(22-13-17)23-16-5-3-4-15(11-16)12-21/h3-11,13,24H,1-2H3,(H,22,23). The molecule has 1 heterocycles. The summed E-state index contributed by atoms with van der Waals surface area (Å²) >= 11 is 0. The molecule has 3 rings (SSSR count). The predicted molar refractivity (Wildman–Crippen MR) is 107 cm³/mol. The molecule has 2 N–H and O–H groups in total. The van der Waals surface area contributed by atoms with Crippen molar-refractivity contribution in [1.29, 1.82) is 5.26 Å². The van der Waals surface area contributed by atoms with E-state index in [2.05, 4.69) is 21.1 Å². The van der Waals surface area contributed by atoms with E-state index in [4.69, 9.17) is 10.00 Å². The summed E-state index contributed by atoms with van der Waals surface area (Å²) in [5, 5.41) is 12.0. The Labute approximate surface area is 163 Å². The summed E-state index contributed by atoms with van der Waals surface area (Å²) < 4.78 is 32.8. The summed E-state index contributed by atoms with van der Waals surface area (Å²) in [7, 11) is -2.21. The van der Waals surface area contributed by atoms with E-state index in [1.165, 1.54) is 19.4 Å². The molecule has 1 aromatic heterocycles. The van der Waals surface area contributed by atoms with Crippen LogP contribution in [-0.4, -0.2) is 20.5 Å². The van der Waals surface area contributed by atoms with Gasteiger partial charge in [0.05, 0.1) is 35.5 Å². The first-order chi connectivity index (χ1) is 13.4. The zero-order valence-electron chi connectivity index (χ0n) is 15.3. The molecule has 8 heteroatoms. The lowest BCUT2D eigenvalue weighted by atomic mass is 10.2. The van der Waals surface area contributed by atoms with Gasteiger partial charge in [-0.2, -0.15) is 5.26 Å². The topological polar surface area (TPSA) is 104 Å². The quantitative estimate of drug-likeness (QED) is 0.659. The van der Waals surface area contributed by atoms with Gasteiger partial charge in [-0.25, -0.2) is 13.4 Å². The number of nitrogens with one attached hydrogen (secondary N) is 2. The minimum absolute atomic E-state index is 0.140. The number of sulfonamides is 1. The Hall–Kier alpha value is -3.57. The largest absolute Gasteiger partial charge is 0.496 e. The molecule has 7 nitrogen and oxygen atoms in total. The highest BCUT2D eigenvalue weighted by Gasteiger charge is 2.16. The Balaban J connectivity index is 1.74. The van der Waals surface area contributed by atoms with Gasteiger partial charge >= 0.3 is 0 Å². The first-order valence-corrected chi connectivity index (χ1v) is 9.80. The Morgan fingerprint density at radius 2 is 1.89 bits per heavy atom. The van der Waals surface area contributed by atoms with Gasteiger partial charge in [-0.05, 0) is 61.0 Å². The second kappa shape index (κ2) is 7.98. The SMILES string of the molecule is COc1ccc(S(=O)(=O)Nc2ccc(Nc3cccc(C#N)c3)nc2)cc1C. The highest BCUT2D eigenvalue weighted by Crippen LogP contribution is 2.24. The average molecular weight is 394 g/mol. The van der Waals surface area contributed by atoms with Crippen LogP contribution < -0.4 is 14.8 Å². The van der Waals surface area contributed by atoms with Crippen molar-refractivity contribution in [2.45, 2.75) is 11.8 Å². The Bertz CT molecular complexity index is 1140. The van der Waals surface area contributed by atoms with Crippen LogP contribution >= 0.6 is 0 Å². The average Bonchev–Trinajstić information content (AvgIpc) is 2.69. The fourth-order valence-corrected chi connectivity index (χ4v) is 3.70. The maximum Gasteiger partial charge on any atom is 0.261 e. The first-order valence-electron chi connectivity index (χ1n) is 8.32. The minimum atomic E-state index is -3.74. The molecule has 2 aromatic carbocycles. The highest BCUT2D eigenvalue weighted by molar-refractivity contribution is 7.92. The van der Waals surface area contributed by atoms with E-state index in [-0.39, 0.29) is 4.90 Å². The number of hydrogen-bond donors (Lipinski definition) is 2. The summed E-state index contributed by atoms with van der Waals surface area (Å²) in [6.45, 7) is 1.78. The Kier molecular flexibility index (Phi) is 5.47. The summed E-state index contributed by atoms with van der Waals surface area (Å²) in [6, 6.07) is 17.0. The van der Waals surface area contributed by atoms with Crippen LogP contribution in [0, 0.1) is 18.3 Å². The third-order valence-electron chi connectivity index (χ3n) is 3.96. The maximum atomic E-state index is 12.6. The molecule has 0 aliphatic carbocycles. The molecule has 0 atom stereocenters. The number of anilines is 3. The lowest BCUT2D eigenvalue weighted by molar-refractivity contribution is 0.411. The summed E-state index contributed by atoms with van der Waals surface area (Å²) in [5.41, 5.74) is 2.31. The first kappa shape index (κ1) is 19.2. The van der Waals surface area contributed by atoms with Crippen LogP contribution in [0.3, 0.4) is 0 Å². The van der Waals surface area contributed by atoms with E-state index >= 15 is 0 Å². The van der Waals surface area contributed by atoms with Crippen LogP contribution in [0.2, 0.25) is 0 Å². The monoisotopic (exact) mass is 394 g/mol. The molecule has 0 saturated heterocycles. The number of ether oxygens (including phenoxy) is 1. The molecule has 0 spiro atoms. The third-order valence-corrected chi connectivity index (χ3v) is 5.34. The number of nitrogens with zero attached hydrogens (tertiary/aromatic N) is 2. The molecule has 0 unspecified atom stereocenters. The highest BCUT2D eigenvalue weighted by atomic mass is 32.2. The molecule has 28 heavy (non-hydrogen) atoms. The molecule has 0 fully saturated rings. The van der Waals surface area contributed by atoms with Crippen molar-refractivity contribution < 1.29 is 13.2 Å². The summed E-state index contributed by atoms with van der Waals surface area (Å²) in [5.74, 6) is 1.15. The van der Waals surface area contributed by atoms with Gasteiger partial charge in [0.25, 0.3) is 10.0 Å². The number of rotatable bonds is 6. The molecular formula is C20H18N4O3S. The molecule has 0 amide bonds. The van der Waals surface area contributed by atoms with Crippen molar-refractivity contribution in [2.75, 3.05) is 17.1 Å². The number of hydrogen-bond acceptors (Lipinski definition) is 6. The third kappa shape index (κ3) is 4.39. The normalized spacial score (nSPS) is 10.8. The molecule has 3 aromatic rings. The molecule has 0 bridgehead atoms. The number of aryl methyl sites for hydroxylation is 1. The van der Waals surface area contributed by atoms with Crippen LogP contribution in [0.1, 0.15) is 11.1 Å². The second-order valence-corrected chi connectivity index (χ2v) is 7.67. The summed E-state index contributed by atoms with van der Waals surface area (Å²) in [4.78, 5) is 4.35. The fraction of sp³-hybridized carbons (Fsp3) is 0.100. The Morgan fingerprint density at radius 3 is 2.54 bits per heavy atom. The van der Waals surface area contributed by atoms with E-state index in [9.17, 15) is 8.42 Å². The minimum Gasteiger partial charge on any atom is -0.496 e. The molecule has 142 valence electrons. The predicted octanol–water partition coefficient (Wildman–Crippen LogP) is 3.81. The van der Waals surface area contributed by atoms with Crippen LogP contribution in [0.25, 0.3) is 0 Å². The zero-order chi connectivity index (χ0) is 20.1. The van der Waals surface area contributed by atoms with Gasteiger partial charge in [0.15, 0.2) is 0 Å². The number of aromatic nitrogens is 1. The van der Waals surface area contributed by atoms with Crippen molar-refractivity contribution in [3.05, 3.63) is 71.9 Å². The fourth-order valence-electron chi connectivity index (χ4n) is 2.57. The van der Waals surface area contributed by atoms with Gasteiger partial charge in [0.2, 0.25) is 0 Å². The van der Waals surface area contributed by atoms with E-state index in [0.29, 0.717) is 28.5 Å². The number of benzene rings is 2. The van der Waals surface area contributed by atoms with Crippen LogP contribution in [-0.2, 0) is 10.0 Å².